The third-order valence-electron chi connectivity index (χ3n) is 3.57. The van der Waals surface area contributed by atoms with E-state index >= 15 is 0 Å². The quantitative estimate of drug-likeness (QED) is 0.715. The van der Waals surface area contributed by atoms with E-state index in [4.69, 9.17) is 0 Å². The number of amides is 1. The molecule has 0 radical (unpaired) electrons. The number of hydrogen-bond donors (Lipinski definition) is 1. The van der Waals surface area contributed by atoms with Gasteiger partial charge in [-0.3, -0.25) is 4.79 Å². The summed E-state index contributed by atoms with van der Waals surface area (Å²) in [6.45, 7) is 2.08. The fourth-order valence-electron chi connectivity index (χ4n) is 2.61. The summed E-state index contributed by atoms with van der Waals surface area (Å²) < 4.78 is 0. The standard InChI is InChI=1S/C19H17NO/c1-14(21)20-12-6-8-16-13-15-7-2-3-9-17(15)19-11-5-4-10-18(16)19/h2-11,13H,12H2,1H3,(H,20,21). The Bertz CT molecular complexity index is 833. The van der Waals surface area contributed by atoms with Crippen molar-refractivity contribution < 1.29 is 4.79 Å². The molecule has 2 nitrogen and oxygen atoms in total. The Labute approximate surface area is 124 Å². The monoisotopic (exact) mass is 275 g/mol. The number of carbonyl (C=O) groups is 1. The first-order valence-corrected chi connectivity index (χ1v) is 7.07. The van der Waals surface area contributed by atoms with Crippen LogP contribution in [-0.2, 0) is 4.79 Å². The maximum Gasteiger partial charge on any atom is 0.217 e. The van der Waals surface area contributed by atoms with Crippen LogP contribution in [0.1, 0.15) is 12.5 Å². The van der Waals surface area contributed by atoms with Gasteiger partial charge in [0.2, 0.25) is 5.91 Å². The number of hydrogen-bond acceptors (Lipinski definition) is 1. The van der Waals surface area contributed by atoms with Gasteiger partial charge in [0.05, 0.1) is 0 Å². The summed E-state index contributed by atoms with van der Waals surface area (Å²) in [5.41, 5.74) is 1.18. The summed E-state index contributed by atoms with van der Waals surface area (Å²) in [6.07, 6.45) is 4.06. The Kier molecular flexibility index (Phi) is 3.69. The van der Waals surface area contributed by atoms with Crippen LogP contribution in [0.5, 0.6) is 0 Å². The lowest BCUT2D eigenvalue weighted by Gasteiger charge is -2.07. The van der Waals surface area contributed by atoms with Crippen molar-refractivity contribution in [1.29, 1.82) is 0 Å². The van der Waals surface area contributed by atoms with Crippen LogP contribution in [0.4, 0.5) is 0 Å². The van der Waals surface area contributed by atoms with E-state index in [9.17, 15) is 4.79 Å². The van der Waals surface area contributed by atoms with E-state index in [1.165, 1.54) is 34.0 Å². The normalized spacial score (nSPS) is 11.3. The molecule has 0 aromatic heterocycles. The van der Waals surface area contributed by atoms with Crippen molar-refractivity contribution in [2.24, 2.45) is 0 Å². The van der Waals surface area contributed by atoms with Crippen molar-refractivity contribution in [1.82, 2.24) is 5.32 Å². The highest BCUT2D eigenvalue weighted by atomic mass is 16.1. The number of rotatable bonds is 3. The summed E-state index contributed by atoms with van der Waals surface area (Å²) in [5, 5.41) is 7.77. The van der Waals surface area contributed by atoms with Crippen LogP contribution in [0.25, 0.3) is 27.6 Å². The van der Waals surface area contributed by atoms with Crippen molar-refractivity contribution >= 4 is 33.5 Å². The van der Waals surface area contributed by atoms with E-state index in [1.807, 2.05) is 6.08 Å². The van der Waals surface area contributed by atoms with E-state index in [0.29, 0.717) is 6.54 Å². The van der Waals surface area contributed by atoms with E-state index in [-0.39, 0.29) is 5.91 Å². The Morgan fingerprint density at radius 1 is 1.00 bits per heavy atom. The van der Waals surface area contributed by atoms with Crippen LogP contribution in [-0.4, -0.2) is 12.5 Å². The lowest BCUT2D eigenvalue weighted by atomic mass is 9.97. The van der Waals surface area contributed by atoms with Gasteiger partial charge in [-0.25, -0.2) is 0 Å². The van der Waals surface area contributed by atoms with E-state index < -0.39 is 0 Å². The fraction of sp³-hybridized carbons (Fsp3) is 0.105. The van der Waals surface area contributed by atoms with Crippen LogP contribution in [0, 0.1) is 0 Å². The lowest BCUT2D eigenvalue weighted by molar-refractivity contribution is -0.118. The van der Waals surface area contributed by atoms with Gasteiger partial charge in [-0.05, 0) is 33.2 Å². The second-order valence-corrected chi connectivity index (χ2v) is 5.07. The SMILES string of the molecule is CC(=O)NCC=Cc1cc2ccccc2c2ccccc12. The predicted molar refractivity (Wildman–Crippen MR) is 89.2 cm³/mol. The Balaban J connectivity index is 2.10. The summed E-state index contributed by atoms with van der Waals surface area (Å²) >= 11 is 0. The van der Waals surface area contributed by atoms with Crippen LogP contribution in [0.2, 0.25) is 0 Å². The van der Waals surface area contributed by atoms with Crippen LogP contribution >= 0.6 is 0 Å². The predicted octanol–water partition coefficient (Wildman–Crippen LogP) is 4.14. The summed E-state index contributed by atoms with van der Waals surface area (Å²) in [4.78, 5) is 10.9. The highest BCUT2D eigenvalue weighted by Crippen LogP contribution is 2.29. The zero-order valence-corrected chi connectivity index (χ0v) is 12.0. The Morgan fingerprint density at radius 3 is 2.43 bits per heavy atom. The molecule has 0 bridgehead atoms. The molecule has 1 N–H and O–H groups in total. The van der Waals surface area contributed by atoms with Crippen LogP contribution < -0.4 is 5.32 Å². The van der Waals surface area contributed by atoms with Crippen molar-refractivity contribution in [2.45, 2.75) is 6.92 Å². The van der Waals surface area contributed by atoms with Crippen molar-refractivity contribution in [3.8, 4) is 0 Å². The molecular weight excluding hydrogens is 258 g/mol. The molecule has 0 aliphatic heterocycles. The number of carbonyl (C=O) groups excluding carboxylic acids is 1. The minimum atomic E-state index is -0.0111. The molecule has 3 rings (SSSR count). The average molecular weight is 275 g/mol. The summed E-state index contributed by atoms with van der Waals surface area (Å²) in [6, 6.07) is 19.0. The lowest BCUT2D eigenvalue weighted by Crippen LogP contribution is -2.19. The molecule has 104 valence electrons. The van der Waals surface area contributed by atoms with Crippen molar-refractivity contribution in [2.75, 3.05) is 6.54 Å². The van der Waals surface area contributed by atoms with Crippen molar-refractivity contribution in [3.63, 3.8) is 0 Å². The molecule has 0 heterocycles. The molecule has 3 aromatic carbocycles. The maximum atomic E-state index is 10.9. The van der Waals surface area contributed by atoms with Gasteiger partial charge in [0.15, 0.2) is 0 Å². The molecule has 0 saturated heterocycles. The zero-order chi connectivity index (χ0) is 14.7. The van der Waals surface area contributed by atoms with Crippen LogP contribution in [0.15, 0.2) is 60.7 Å². The largest absolute Gasteiger partial charge is 0.353 e. The Morgan fingerprint density at radius 2 is 1.67 bits per heavy atom. The van der Waals surface area contributed by atoms with Gasteiger partial charge in [0.25, 0.3) is 0 Å². The van der Waals surface area contributed by atoms with Crippen LogP contribution in [0.3, 0.4) is 0 Å². The fourth-order valence-corrected chi connectivity index (χ4v) is 2.61. The summed E-state index contributed by atoms with van der Waals surface area (Å²) in [7, 11) is 0. The molecule has 0 fully saturated rings. The van der Waals surface area contributed by atoms with Gasteiger partial charge in [-0.15, -0.1) is 0 Å². The molecule has 0 atom stereocenters. The molecule has 2 heteroatoms. The molecule has 0 aliphatic carbocycles. The van der Waals surface area contributed by atoms with Crippen molar-refractivity contribution in [3.05, 3.63) is 66.2 Å². The average Bonchev–Trinajstić information content (AvgIpc) is 2.51. The van der Waals surface area contributed by atoms with Gasteiger partial charge < -0.3 is 5.32 Å². The third kappa shape index (κ3) is 2.79. The molecule has 0 unspecified atom stereocenters. The van der Waals surface area contributed by atoms with E-state index in [1.54, 1.807) is 0 Å². The minimum absolute atomic E-state index is 0.0111. The van der Waals surface area contributed by atoms with Gasteiger partial charge in [0, 0.05) is 13.5 Å². The molecular formula is C19H17NO. The first-order chi connectivity index (χ1) is 10.3. The zero-order valence-electron chi connectivity index (χ0n) is 12.0. The van der Waals surface area contributed by atoms with E-state index in [0.717, 1.165) is 0 Å². The van der Waals surface area contributed by atoms with Gasteiger partial charge in [0.1, 0.15) is 0 Å². The second-order valence-electron chi connectivity index (χ2n) is 5.07. The molecule has 21 heavy (non-hydrogen) atoms. The van der Waals surface area contributed by atoms with E-state index in [2.05, 4.69) is 66.0 Å². The van der Waals surface area contributed by atoms with Gasteiger partial charge in [-0.2, -0.15) is 0 Å². The number of nitrogens with one attached hydrogen (secondary N) is 1. The molecule has 0 aliphatic rings. The number of fused-ring (bicyclic) bond motifs is 3. The first kappa shape index (κ1) is 13.4. The molecule has 3 aromatic rings. The highest BCUT2D eigenvalue weighted by molar-refractivity contribution is 6.10. The first-order valence-electron chi connectivity index (χ1n) is 7.07. The van der Waals surface area contributed by atoms with Gasteiger partial charge in [-0.1, -0.05) is 60.7 Å². The summed E-state index contributed by atoms with van der Waals surface area (Å²) in [5.74, 6) is -0.0111. The second kappa shape index (κ2) is 5.80. The van der Waals surface area contributed by atoms with Gasteiger partial charge >= 0.3 is 0 Å². The Hall–Kier alpha value is -2.61. The highest BCUT2D eigenvalue weighted by Gasteiger charge is 2.03. The molecule has 0 saturated carbocycles. The molecule has 0 spiro atoms. The smallest absolute Gasteiger partial charge is 0.217 e. The minimum Gasteiger partial charge on any atom is -0.353 e. The molecule has 1 amide bonds. The topological polar surface area (TPSA) is 29.1 Å². The number of benzene rings is 3. The third-order valence-corrected chi connectivity index (χ3v) is 3.57. The maximum absolute atomic E-state index is 10.9.